The zero-order valence-electron chi connectivity index (χ0n) is 16.2. The molecule has 1 aliphatic heterocycles. The van der Waals surface area contributed by atoms with Crippen molar-refractivity contribution in [2.45, 2.75) is 37.4 Å². The number of thiophene rings is 1. The van der Waals surface area contributed by atoms with Crippen molar-refractivity contribution >= 4 is 29.2 Å². The monoisotopic (exact) mass is 432 g/mol. The minimum absolute atomic E-state index is 0.194. The van der Waals surface area contributed by atoms with Gasteiger partial charge in [0.1, 0.15) is 12.1 Å². The highest BCUT2D eigenvalue weighted by molar-refractivity contribution is 7.10. The van der Waals surface area contributed by atoms with E-state index in [0.717, 1.165) is 11.1 Å². The Hall–Kier alpha value is -2.75. The predicted octanol–water partition coefficient (Wildman–Crippen LogP) is 1.29. The van der Waals surface area contributed by atoms with Gasteiger partial charge in [0.25, 0.3) is 0 Å². The maximum Gasteiger partial charge on any atom is 0.331 e. The molecule has 0 bridgehead atoms. The third-order valence-electron chi connectivity index (χ3n) is 5.23. The number of carboxylic acid groups (broad SMARTS) is 2. The van der Waals surface area contributed by atoms with Gasteiger partial charge in [0.05, 0.1) is 6.61 Å². The lowest BCUT2D eigenvalue weighted by molar-refractivity contribution is -0.153. The van der Waals surface area contributed by atoms with Crippen LogP contribution in [-0.4, -0.2) is 63.3 Å². The minimum atomic E-state index is -1.20. The van der Waals surface area contributed by atoms with E-state index in [4.69, 9.17) is 0 Å². The van der Waals surface area contributed by atoms with Crippen LogP contribution in [-0.2, 0) is 27.2 Å². The van der Waals surface area contributed by atoms with E-state index in [1.165, 1.54) is 16.2 Å². The van der Waals surface area contributed by atoms with E-state index in [2.05, 4.69) is 5.32 Å². The van der Waals surface area contributed by atoms with Crippen LogP contribution in [0.2, 0.25) is 0 Å². The fourth-order valence-corrected chi connectivity index (χ4v) is 4.72. The molecular formula is C21H24N2O6S. The van der Waals surface area contributed by atoms with E-state index in [-0.39, 0.29) is 13.0 Å². The normalized spacial score (nSPS) is 17.8. The average Bonchev–Trinajstić information content (AvgIpc) is 3.21. The van der Waals surface area contributed by atoms with Gasteiger partial charge in [-0.15, -0.1) is 11.3 Å². The first-order valence-electron chi connectivity index (χ1n) is 9.65. The highest BCUT2D eigenvalue weighted by Crippen LogP contribution is 2.34. The number of carboxylic acids is 2. The topological polar surface area (TPSA) is 127 Å². The van der Waals surface area contributed by atoms with Gasteiger partial charge < -0.3 is 20.2 Å². The van der Waals surface area contributed by atoms with E-state index in [0.29, 0.717) is 17.7 Å². The van der Waals surface area contributed by atoms with E-state index < -0.39 is 42.6 Å². The van der Waals surface area contributed by atoms with Crippen LogP contribution in [0, 0.1) is 0 Å². The van der Waals surface area contributed by atoms with Gasteiger partial charge in [-0.05, 0) is 41.8 Å². The average molecular weight is 432 g/mol. The number of aryl methyl sites for hydroxylation is 1. The summed E-state index contributed by atoms with van der Waals surface area (Å²) in [5.41, 5.74) is 1.86. The number of nitrogens with zero attached hydrogens (tertiary/aromatic N) is 1. The SMILES string of the molecule is O=C(O)[C@@H]1c2sccc2CCN1C(=O)[C@H](CO)N[C@H](CCc1ccccc1)C(=O)O. The van der Waals surface area contributed by atoms with Crippen molar-refractivity contribution < 1.29 is 29.7 Å². The summed E-state index contributed by atoms with van der Waals surface area (Å²) in [5.74, 6) is -2.90. The molecule has 0 fully saturated rings. The quantitative estimate of drug-likeness (QED) is 0.470. The smallest absolute Gasteiger partial charge is 0.331 e. The van der Waals surface area contributed by atoms with Gasteiger partial charge in [-0.1, -0.05) is 30.3 Å². The number of aliphatic hydroxyl groups excluding tert-OH is 1. The van der Waals surface area contributed by atoms with Gasteiger partial charge in [-0.2, -0.15) is 0 Å². The van der Waals surface area contributed by atoms with Crippen LogP contribution in [0.3, 0.4) is 0 Å². The summed E-state index contributed by atoms with van der Waals surface area (Å²) in [4.78, 5) is 38.4. The number of amides is 1. The van der Waals surface area contributed by atoms with Gasteiger partial charge in [-0.25, -0.2) is 4.79 Å². The largest absolute Gasteiger partial charge is 0.480 e. The number of rotatable bonds is 9. The molecule has 0 saturated carbocycles. The Labute approximate surface area is 177 Å². The van der Waals surface area contributed by atoms with Crippen molar-refractivity contribution in [1.82, 2.24) is 10.2 Å². The fraction of sp³-hybridized carbons (Fsp3) is 0.381. The molecule has 1 aromatic heterocycles. The predicted molar refractivity (Wildman–Crippen MR) is 110 cm³/mol. The molecule has 2 heterocycles. The van der Waals surface area contributed by atoms with Crippen LogP contribution in [0.5, 0.6) is 0 Å². The molecule has 1 amide bonds. The summed E-state index contributed by atoms with van der Waals surface area (Å²) >= 11 is 1.28. The second kappa shape index (κ2) is 9.84. The highest BCUT2D eigenvalue weighted by atomic mass is 32.1. The Balaban J connectivity index is 1.72. The number of aliphatic carboxylic acids is 2. The van der Waals surface area contributed by atoms with Gasteiger partial charge in [0.2, 0.25) is 5.91 Å². The van der Waals surface area contributed by atoms with Gasteiger partial charge in [0.15, 0.2) is 6.04 Å². The molecule has 30 heavy (non-hydrogen) atoms. The molecule has 1 aromatic carbocycles. The van der Waals surface area contributed by atoms with Crippen LogP contribution in [0.15, 0.2) is 41.8 Å². The fourth-order valence-electron chi connectivity index (χ4n) is 3.67. The van der Waals surface area contributed by atoms with Crippen molar-refractivity contribution in [3.05, 3.63) is 57.8 Å². The zero-order chi connectivity index (χ0) is 21.7. The first kappa shape index (κ1) is 21.9. The van der Waals surface area contributed by atoms with Gasteiger partial charge in [0, 0.05) is 11.4 Å². The molecule has 4 N–H and O–H groups in total. The summed E-state index contributed by atoms with van der Waals surface area (Å²) in [6, 6.07) is 7.82. The van der Waals surface area contributed by atoms with Crippen LogP contribution < -0.4 is 5.32 Å². The van der Waals surface area contributed by atoms with Gasteiger partial charge >= 0.3 is 11.9 Å². The van der Waals surface area contributed by atoms with Crippen molar-refractivity contribution in [1.29, 1.82) is 0 Å². The first-order valence-corrected chi connectivity index (χ1v) is 10.5. The molecule has 9 heteroatoms. The highest BCUT2D eigenvalue weighted by Gasteiger charge is 2.40. The molecule has 2 aromatic rings. The summed E-state index contributed by atoms with van der Waals surface area (Å²) in [5, 5.41) is 33.5. The molecule has 160 valence electrons. The lowest BCUT2D eigenvalue weighted by atomic mass is 10.00. The summed E-state index contributed by atoms with van der Waals surface area (Å²) < 4.78 is 0. The van der Waals surface area contributed by atoms with Gasteiger partial charge in [-0.3, -0.25) is 14.9 Å². The third-order valence-corrected chi connectivity index (χ3v) is 6.24. The minimum Gasteiger partial charge on any atom is -0.480 e. The number of benzene rings is 1. The number of aliphatic hydroxyl groups is 1. The summed E-state index contributed by atoms with van der Waals surface area (Å²) in [6.07, 6.45) is 1.22. The Morgan fingerprint density at radius 1 is 1.13 bits per heavy atom. The van der Waals surface area contributed by atoms with E-state index in [1.54, 1.807) is 5.38 Å². The molecule has 0 radical (unpaired) electrons. The van der Waals surface area contributed by atoms with Crippen LogP contribution in [0.25, 0.3) is 0 Å². The zero-order valence-corrected chi connectivity index (χ0v) is 17.0. The molecular weight excluding hydrogens is 408 g/mol. The molecule has 0 saturated heterocycles. The van der Waals surface area contributed by atoms with Crippen molar-refractivity contribution in [2.24, 2.45) is 0 Å². The molecule has 3 rings (SSSR count). The standard InChI is InChI=1S/C21H24N2O6S/c24-12-16(22-15(20(26)27)7-6-13-4-2-1-3-5-13)19(25)23-10-8-14-9-11-30-18(14)17(23)21(28)29/h1-5,9,11,15-17,22,24H,6-8,10,12H2,(H,26,27)(H,28,29)/t15-,16+,17+/m1/s1. The first-order chi connectivity index (χ1) is 14.4. The van der Waals surface area contributed by atoms with Crippen molar-refractivity contribution in [3.8, 4) is 0 Å². The Morgan fingerprint density at radius 2 is 1.87 bits per heavy atom. The van der Waals surface area contributed by atoms with Crippen LogP contribution in [0.4, 0.5) is 0 Å². The summed E-state index contributed by atoms with van der Waals surface area (Å²) in [7, 11) is 0. The number of carbonyl (C=O) groups is 3. The second-order valence-electron chi connectivity index (χ2n) is 7.15. The number of fused-ring (bicyclic) bond motifs is 1. The maximum atomic E-state index is 13.1. The third kappa shape index (κ3) is 4.86. The molecule has 3 atom stereocenters. The maximum absolute atomic E-state index is 13.1. The summed E-state index contributed by atoms with van der Waals surface area (Å²) in [6.45, 7) is -0.437. The van der Waals surface area contributed by atoms with Crippen molar-refractivity contribution in [2.75, 3.05) is 13.2 Å². The number of nitrogens with one attached hydrogen (secondary N) is 1. The number of carbonyl (C=O) groups excluding carboxylic acids is 1. The molecule has 0 unspecified atom stereocenters. The Kier molecular flexibility index (Phi) is 7.20. The lowest BCUT2D eigenvalue weighted by Crippen LogP contribution is -2.56. The van der Waals surface area contributed by atoms with Crippen LogP contribution in [0.1, 0.15) is 28.5 Å². The number of hydrogen-bond donors (Lipinski definition) is 4. The molecule has 8 nitrogen and oxygen atoms in total. The van der Waals surface area contributed by atoms with E-state index in [9.17, 15) is 29.7 Å². The number of hydrogen-bond acceptors (Lipinski definition) is 6. The molecule has 0 aliphatic carbocycles. The van der Waals surface area contributed by atoms with Crippen molar-refractivity contribution in [3.63, 3.8) is 0 Å². The van der Waals surface area contributed by atoms with E-state index in [1.807, 2.05) is 36.4 Å². The Morgan fingerprint density at radius 3 is 2.50 bits per heavy atom. The molecule has 0 spiro atoms. The van der Waals surface area contributed by atoms with E-state index >= 15 is 0 Å². The molecule has 1 aliphatic rings. The van der Waals surface area contributed by atoms with Crippen LogP contribution >= 0.6 is 11.3 Å². The lowest BCUT2D eigenvalue weighted by Gasteiger charge is -2.35. The second-order valence-corrected chi connectivity index (χ2v) is 8.10. The Bertz CT molecular complexity index is 900.